The monoisotopic (exact) mass is 389 g/mol. The molecule has 0 saturated heterocycles. The van der Waals surface area contributed by atoms with Crippen molar-refractivity contribution >= 4 is 21.6 Å². The molecule has 1 amide bonds. The number of benzene rings is 2. The molecule has 146 valence electrons. The molecule has 0 heterocycles. The average Bonchev–Trinajstić information content (AvgIpc) is 2.66. The van der Waals surface area contributed by atoms with Crippen LogP contribution in [0.25, 0.3) is 0 Å². The molecular formula is C20H27N3O3S. The summed E-state index contributed by atoms with van der Waals surface area (Å²) in [4.78, 5) is 12.9. The van der Waals surface area contributed by atoms with E-state index < -0.39 is 15.4 Å². The van der Waals surface area contributed by atoms with Crippen molar-refractivity contribution in [2.75, 3.05) is 18.4 Å². The molecular weight excluding hydrogens is 362 g/mol. The Labute approximate surface area is 161 Å². The highest BCUT2D eigenvalue weighted by Gasteiger charge is 2.30. The van der Waals surface area contributed by atoms with Gasteiger partial charge in [-0.15, -0.1) is 0 Å². The van der Waals surface area contributed by atoms with E-state index in [1.54, 1.807) is 12.1 Å². The Morgan fingerprint density at radius 2 is 1.78 bits per heavy atom. The second kappa shape index (κ2) is 8.65. The maximum Gasteiger partial charge on any atom is 0.240 e. The van der Waals surface area contributed by atoms with Crippen LogP contribution in [-0.4, -0.2) is 27.4 Å². The first-order valence-electron chi connectivity index (χ1n) is 8.91. The molecule has 2 aromatic carbocycles. The molecule has 0 aliphatic rings. The lowest BCUT2D eigenvalue weighted by Gasteiger charge is -2.24. The number of carbonyl (C=O) groups is 1. The fraction of sp³-hybridized carbons (Fsp3) is 0.350. The zero-order valence-electron chi connectivity index (χ0n) is 16.0. The summed E-state index contributed by atoms with van der Waals surface area (Å²) >= 11 is 0. The van der Waals surface area contributed by atoms with Gasteiger partial charge in [0, 0.05) is 18.8 Å². The number of rotatable bonds is 8. The molecule has 0 saturated carbocycles. The highest BCUT2D eigenvalue weighted by Crippen LogP contribution is 2.26. The van der Waals surface area contributed by atoms with Gasteiger partial charge in [0.15, 0.2) is 0 Å². The Morgan fingerprint density at radius 1 is 1.11 bits per heavy atom. The number of hydrogen-bond donors (Lipinski definition) is 3. The minimum absolute atomic E-state index is 0.0823. The Morgan fingerprint density at radius 3 is 2.37 bits per heavy atom. The average molecular weight is 390 g/mol. The van der Waals surface area contributed by atoms with Gasteiger partial charge in [-0.3, -0.25) is 4.79 Å². The largest absolute Gasteiger partial charge is 0.329 e. The molecule has 0 aromatic heterocycles. The molecule has 2 aromatic rings. The van der Waals surface area contributed by atoms with E-state index in [2.05, 4.69) is 17.0 Å². The SMILES string of the molecule is CCc1ccc(C(C)(C)C(=O)Nc2cccc(S(=O)(=O)NCCN)c2)cc1. The summed E-state index contributed by atoms with van der Waals surface area (Å²) in [7, 11) is -3.66. The van der Waals surface area contributed by atoms with E-state index in [-0.39, 0.29) is 23.9 Å². The van der Waals surface area contributed by atoms with Crippen LogP contribution in [0.2, 0.25) is 0 Å². The van der Waals surface area contributed by atoms with Gasteiger partial charge in [-0.25, -0.2) is 13.1 Å². The lowest BCUT2D eigenvalue weighted by Crippen LogP contribution is -2.34. The van der Waals surface area contributed by atoms with Gasteiger partial charge < -0.3 is 11.1 Å². The molecule has 0 spiro atoms. The van der Waals surface area contributed by atoms with Crippen molar-refractivity contribution in [2.24, 2.45) is 5.73 Å². The van der Waals surface area contributed by atoms with Crippen molar-refractivity contribution in [3.05, 3.63) is 59.7 Å². The molecule has 27 heavy (non-hydrogen) atoms. The molecule has 0 fully saturated rings. The maximum absolute atomic E-state index is 12.8. The Balaban J connectivity index is 2.20. The Bertz CT molecular complexity index is 891. The van der Waals surface area contributed by atoms with Crippen molar-refractivity contribution < 1.29 is 13.2 Å². The smallest absolute Gasteiger partial charge is 0.240 e. The standard InChI is InChI=1S/C20H27N3O3S/c1-4-15-8-10-16(11-9-15)20(2,3)19(24)23-17-6-5-7-18(14-17)27(25,26)22-13-12-21/h5-11,14,22H,4,12-13,21H2,1-3H3,(H,23,24). The van der Waals surface area contributed by atoms with Crippen LogP contribution < -0.4 is 15.8 Å². The van der Waals surface area contributed by atoms with Crippen LogP contribution in [0.5, 0.6) is 0 Å². The van der Waals surface area contributed by atoms with Gasteiger partial charge in [-0.1, -0.05) is 37.3 Å². The van der Waals surface area contributed by atoms with Gasteiger partial charge in [0.1, 0.15) is 0 Å². The van der Waals surface area contributed by atoms with Crippen molar-refractivity contribution in [3.8, 4) is 0 Å². The summed E-state index contributed by atoms with van der Waals surface area (Å²) < 4.78 is 26.9. The summed E-state index contributed by atoms with van der Waals surface area (Å²) in [6.45, 7) is 6.12. The predicted octanol–water partition coefficient (Wildman–Crippen LogP) is 2.40. The highest BCUT2D eigenvalue weighted by molar-refractivity contribution is 7.89. The minimum atomic E-state index is -3.66. The highest BCUT2D eigenvalue weighted by atomic mass is 32.2. The van der Waals surface area contributed by atoms with Gasteiger partial charge in [-0.2, -0.15) is 0 Å². The third kappa shape index (κ3) is 5.15. The normalized spacial score (nSPS) is 12.0. The predicted molar refractivity (Wildman–Crippen MR) is 108 cm³/mol. The molecule has 0 unspecified atom stereocenters. The van der Waals surface area contributed by atoms with Crippen LogP contribution in [0, 0.1) is 0 Å². The number of carbonyl (C=O) groups excluding carboxylic acids is 1. The fourth-order valence-electron chi connectivity index (χ4n) is 2.59. The molecule has 0 atom stereocenters. The zero-order chi connectivity index (χ0) is 20.1. The van der Waals surface area contributed by atoms with Gasteiger partial charge >= 0.3 is 0 Å². The first kappa shape index (κ1) is 21.1. The maximum atomic E-state index is 12.8. The Hall–Kier alpha value is -2.22. The first-order valence-corrected chi connectivity index (χ1v) is 10.4. The van der Waals surface area contributed by atoms with Crippen LogP contribution in [0.15, 0.2) is 53.4 Å². The third-order valence-corrected chi connectivity index (χ3v) is 5.95. The van der Waals surface area contributed by atoms with E-state index in [0.717, 1.165) is 12.0 Å². The van der Waals surface area contributed by atoms with Crippen LogP contribution in [0.1, 0.15) is 31.9 Å². The number of hydrogen-bond acceptors (Lipinski definition) is 4. The number of amides is 1. The van der Waals surface area contributed by atoms with E-state index in [1.807, 2.05) is 38.1 Å². The number of nitrogens with one attached hydrogen (secondary N) is 2. The van der Waals surface area contributed by atoms with E-state index in [4.69, 9.17) is 5.73 Å². The van der Waals surface area contributed by atoms with E-state index >= 15 is 0 Å². The zero-order valence-corrected chi connectivity index (χ0v) is 16.8. The van der Waals surface area contributed by atoms with E-state index in [0.29, 0.717) is 5.69 Å². The van der Waals surface area contributed by atoms with E-state index in [9.17, 15) is 13.2 Å². The number of sulfonamides is 1. The van der Waals surface area contributed by atoms with Crippen LogP contribution in [0.3, 0.4) is 0 Å². The fourth-order valence-corrected chi connectivity index (χ4v) is 3.69. The van der Waals surface area contributed by atoms with Crippen molar-refractivity contribution in [1.29, 1.82) is 0 Å². The summed E-state index contributed by atoms with van der Waals surface area (Å²) in [6, 6.07) is 14.1. The topological polar surface area (TPSA) is 101 Å². The van der Waals surface area contributed by atoms with E-state index in [1.165, 1.54) is 17.7 Å². The van der Waals surface area contributed by atoms with Gasteiger partial charge in [0.2, 0.25) is 15.9 Å². The van der Waals surface area contributed by atoms with Crippen LogP contribution in [0.4, 0.5) is 5.69 Å². The summed E-state index contributed by atoms with van der Waals surface area (Å²) in [5.41, 5.74) is 7.11. The van der Waals surface area contributed by atoms with Gasteiger partial charge in [-0.05, 0) is 49.6 Å². The lowest BCUT2D eigenvalue weighted by molar-refractivity contribution is -0.120. The minimum Gasteiger partial charge on any atom is -0.329 e. The van der Waals surface area contributed by atoms with Crippen molar-refractivity contribution in [2.45, 2.75) is 37.5 Å². The second-order valence-corrected chi connectivity index (χ2v) is 8.61. The molecule has 7 heteroatoms. The summed E-state index contributed by atoms with van der Waals surface area (Å²) in [5.74, 6) is -0.212. The second-order valence-electron chi connectivity index (χ2n) is 6.84. The summed E-state index contributed by atoms with van der Waals surface area (Å²) in [5, 5.41) is 2.82. The van der Waals surface area contributed by atoms with Crippen molar-refractivity contribution in [3.63, 3.8) is 0 Å². The van der Waals surface area contributed by atoms with Crippen molar-refractivity contribution in [1.82, 2.24) is 4.72 Å². The summed E-state index contributed by atoms with van der Waals surface area (Å²) in [6.07, 6.45) is 0.937. The first-order chi connectivity index (χ1) is 12.7. The quantitative estimate of drug-likeness (QED) is 0.645. The molecule has 0 aliphatic carbocycles. The molecule has 0 aliphatic heterocycles. The molecule has 2 rings (SSSR count). The molecule has 4 N–H and O–H groups in total. The third-order valence-electron chi connectivity index (χ3n) is 4.49. The Kier molecular flexibility index (Phi) is 6.75. The molecule has 6 nitrogen and oxygen atoms in total. The molecule has 0 radical (unpaired) electrons. The molecule has 0 bridgehead atoms. The van der Waals surface area contributed by atoms with Crippen LogP contribution in [-0.2, 0) is 26.7 Å². The number of anilines is 1. The van der Waals surface area contributed by atoms with Gasteiger partial charge in [0.05, 0.1) is 10.3 Å². The lowest BCUT2D eigenvalue weighted by atomic mass is 9.83. The van der Waals surface area contributed by atoms with Gasteiger partial charge in [0.25, 0.3) is 0 Å². The number of aryl methyl sites for hydroxylation is 1. The van der Waals surface area contributed by atoms with Crippen LogP contribution >= 0.6 is 0 Å². The number of nitrogens with two attached hydrogens (primary N) is 1.